The monoisotopic (exact) mass is 488 g/mol. The van der Waals surface area contributed by atoms with E-state index < -0.39 is 10.0 Å². The number of ketones is 1. The topological polar surface area (TPSA) is 110 Å². The Hall–Kier alpha value is -4.08. The predicted molar refractivity (Wildman–Crippen MR) is 133 cm³/mol. The summed E-state index contributed by atoms with van der Waals surface area (Å²) in [4.78, 5) is 24.0. The number of nitrogens with zero attached hydrogens (tertiary/aromatic N) is 2. The van der Waals surface area contributed by atoms with Crippen LogP contribution in [0.3, 0.4) is 0 Å². The van der Waals surface area contributed by atoms with Crippen molar-refractivity contribution < 1.29 is 18.0 Å². The van der Waals surface area contributed by atoms with Gasteiger partial charge in [-0.15, -0.1) is 0 Å². The second kappa shape index (κ2) is 10.5. The summed E-state index contributed by atoms with van der Waals surface area (Å²) in [5, 5.41) is 7.03. The smallest absolute Gasteiger partial charge is 0.255 e. The van der Waals surface area contributed by atoms with Gasteiger partial charge in [-0.3, -0.25) is 14.3 Å². The van der Waals surface area contributed by atoms with Gasteiger partial charge < -0.3 is 5.32 Å². The SMILES string of the molecule is CC(=O)c1ccc(S(=O)(=O)NCc2ccc(C(=O)Nc3ccc(Cn4cccn4)cc3)cc2)cc1. The molecule has 1 heterocycles. The van der Waals surface area contributed by atoms with Gasteiger partial charge in [-0.05, 0) is 60.5 Å². The van der Waals surface area contributed by atoms with Crippen LogP contribution in [0, 0.1) is 0 Å². The number of carbonyl (C=O) groups excluding carboxylic acids is 2. The number of aromatic nitrogens is 2. The summed E-state index contributed by atoms with van der Waals surface area (Å²) in [6.45, 7) is 2.14. The maximum Gasteiger partial charge on any atom is 0.255 e. The Kier molecular flexibility index (Phi) is 7.19. The summed E-state index contributed by atoms with van der Waals surface area (Å²) in [5.74, 6) is -0.393. The van der Waals surface area contributed by atoms with E-state index in [0.717, 1.165) is 5.56 Å². The van der Waals surface area contributed by atoms with Crippen molar-refractivity contribution in [3.05, 3.63) is 114 Å². The molecule has 0 aliphatic heterocycles. The molecular weight excluding hydrogens is 464 g/mol. The highest BCUT2D eigenvalue weighted by Crippen LogP contribution is 2.15. The summed E-state index contributed by atoms with van der Waals surface area (Å²) in [6.07, 6.45) is 3.61. The molecule has 178 valence electrons. The van der Waals surface area contributed by atoms with Crippen molar-refractivity contribution in [2.24, 2.45) is 0 Å². The summed E-state index contributed by atoms with van der Waals surface area (Å²) in [6, 6.07) is 21.9. The second-order valence-corrected chi connectivity index (χ2v) is 9.72. The van der Waals surface area contributed by atoms with E-state index in [0.29, 0.717) is 28.9 Å². The molecule has 35 heavy (non-hydrogen) atoms. The van der Waals surface area contributed by atoms with Crippen LogP contribution < -0.4 is 10.0 Å². The highest BCUT2D eigenvalue weighted by molar-refractivity contribution is 7.89. The lowest BCUT2D eigenvalue weighted by Crippen LogP contribution is -2.23. The Morgan fingerprint density at radius 3 is 2.09 bits per heavy atom. The van der Waals surface area contributed by atoms with E-state index in [1.54, 1.807) is 30.5 Å². The van der Waals surface area contributed by atoms with Gasteiger partial charge in [0.1, 0.15) is 0 Å². The van der Waals surface area contributed by atoms with E-state index >= 15 is 0 Å². The fourth-order valence-corrected chi connectivity index (χ4v) is 4.40. The molecule has 0 spiro atoms. The number of carbonyl (C=O) groups is 2. The molecule has 0 saturated carbocycles. The Balaban J connectivity index is 1.32. The molecule has 0 unspecified atom stereocenters. The van der Waals surface area contributed by atoms with Crippen molar-refractivity contribution in [2.45, 2.75) is 24.9 Å². The summed E-state index contributed by atoms with van der Waals surface area (Å²) in [7, 11) is -3.73. The van der Waals surface area contributed by atoms with Crippen molar-refractivity contribution in [2.75, 3.05) is 5.32 Å². The number of Topliss-reactive ketones (excluding diaryl/α,β-unsaturated/α-hetero) is 1. The fourth-order valence-electron chi connectivity index (χ4n) is 3.38. The Labute approximate surface area is 203 Å². The minimum Gasteiger partial charge on any atom is -0.322 e. The van der Waals surface area contributed by atoms with Crippen LogP contribution in [-0.4, -0.2) is 29.9 Å². The molecule has 0 atom stereocenters. The molecule has 4 aromatic rings. The van der Waals surface area contributed by atoms with Crippen molar-refractivity contribution in [1.82, 2.24) is 14.5 Å². The molecule has 2 N–H and O–H groups in total. The molecule has 1 amide bonds. The van der Waals surface area contributed by atoms with Gasteiger partial charge in [0, 0.05) is 35.8 Å². The lowest BCUT2D eigenvalue weighted by molar-refractivity contribution is 0.101. The predicted octanol–water partition coefficient (Wildman–Crippen LogP) is 3.86. The molecule has 0 fully saturated rings. The maximum atomic E-state index is 12.6. The quantitative estimate of drug-likeness (QED) is 0.348. The van der Waals surface area contributed by atoms with Crippen molar-refractivity contribution in [3.8, 4) is 0 Å². The van der Waals surface area contributed by atoms with E-state index in [4.69, 9.17) is 0 Å². The molecule has 3 aromatic carbocycles. The Bertz CT molecular complexity index is 1410. The first-order valence-corrected chi connectivity index (χ1v) is 12.4. The minimum atomic E-state index is -3.73. The van der Waals surface area contributed by atoms with Crippen molar-refractivity contribution >= 4 is 27.4 Å². The number of hydrogen-bond donors (Lipinski definition) is 2. The second-order valence-electron chi connectivity index (χ2n) is 7.96. The zero-order chi connectivity index (χ0) is 24.8. The first-order valence-electron chi connectivity index (χ1n) is 10.9. The van der Waals surface area contributed by atoms with Gasteiger partial charge >= 0.3 is 0 Å². The lowest BCUT2D eigenvalue weighted by Gasteiger charge is -2.09. The number of benzene rings is 3. The third-order valence-corrected chi connectivity index (χ3v) is 6.79. The largest absolute Gasteiger partial charge is 0.322 e. The van der Waals surface area contributed by atoms with E-state index in [9.17, 15) is 18.0 Å². The van der Waals surface area contributed by atoms with Gasteiger partial charge in [-0.1, -0.05) is 36.4 Å². The van der Waals surface area contributed by atoms with Gasteiger partial charge in [0.15, 0.2) is 5.78 Å². The molecule has 8 nitrogen and oxygen atoms in total. The molecule has 0 saturated heterocycles. The maximum absolute atomic E-state index is 12.6. The Morgan fingerprint density at radius 1 is 0.857 bits per heavy atom. The van der Waals surface area contributed by atoms with Crippen molar-refractivity contribution in [3.63, 3.8) is 0 Å². The van der Waals surface area contributed by atoms with Crippen LogP contribution in [0.1, 0.15) is 38.8 Å². The van der Waals surface area contributed by atoms with Crippen LogP contribution in [0.4, 0.5) is 5.69 Å². The highest BCUT2D eigenvalue weighted by Gasteiger charge is 2.14. The standard InChI is InChI=1S/C26H24N4O4S/c1-19(31)22-9-13-25(14-10-22)35(33,34)28-17-20-3-7-23(8-4-20)26(32)29-24-11-5-21(6-12-24)18-30-16-2-15-27-30/h2-16,28H,17-18H2,1H3,(H,29,32). The van der Waals surface area contributed by atoms with Crippen LogP contribution in [0.25, 0.3) is 0 Å². The zero-order valence-electron chi connectivity index (χ0n) is 19.0. The molecular formula is C26H24N4O4S. The normalized spacial score (nSPS) is 11.2. The first kappa shape index (κ1) is 24.1. The van der Waals surface area contributed by atoms with Crippen LogP contribution in [0.5, 0.6) is 0 Å². The molecule has 0 radical (unpaired) electrons. The summed E-state index contributed by atoms with van der Waals surface area (Å²) < 4.78 is 29.4. The molecule has 1 aromatic heterocycles. The highest BCUT2D eigenvalue weighted by atomic mass is 32.2. The van der Waals surface area contributed by atoms with E-state index in [2.05, 4.69) is 15.1 Å². The third-order valence-electron chi connectivity index (χ3n) is 5.37. The summed E-state index contributed by atoms with van der Waals surface area (Å²) >= 11 is 0. The first-order chi connectivity index (χ1) is 16.8. The van der Waals surface area contributed by atoms with Gasteiger partial charge in [0.05, 0.1) is 11.4 Å². The van der Waals surface area contributed by atoms with Crippen LogP contribution in [0.15, 0.2) is 96.2 Å². The third kappa shape index (κ3) is 6.28. The van der Waals surface area contributed by atoms with E-state index in [1.807, 2.05) is 41.2 Å². The molecule has 4 rings (SSSR count). The van der Waals surface area contributed by atoms with E-state index in [1.165, 1.54) is 31.2 Å². The number of hydrogen-bond acceptors (Lipinski definition) is 5. The van der Waals surface area contributed by atoms with Crippen LogP contribution in [0.2, 0.25) is 0 Å². The van der Waals surface area contributed by atoms with Crippen molar-refractivity contribution in [1.29, 1.82) is 0 Å². The van der Waals surface area contributed by atoms with Gasteiger partial charge in [0.2, 0.25) is 10.0 Å². The van der Waals surface area contributed by atoms with Crippen LogP contribution >= 0.6 is 0 Å². The number of rotatable bonds is 9. The fraction of sp³-hybridized carbons (Fsp3) is 0.115. The lowest BCUT2D eigenvalue weighted by atomic mass is 10.1. The number of sulfonamides is 1. The van der Waals surface area contributed by atoms with Gasteiger partial charge in [0.25, 0.3) is 5.91 Å². The van der Waals surface area contributed by atoms with Gasteiger partial charge in [-0.2, -0.15) is 5.10 Å². The summed E-state index contributed by atoms with van der Waals surface area (Å²) in [5.41, 5.74) is 3.34. The average Bonchev–Trinajstić information content (AvgIpc) is 3.37. The number of nitrogens with one attached hydrogen (secondary N) is 2. The average molecular weight is 489 g/mol. The molecule has 9 heteroatoms. The van der Waals surface area contributed by atoms with E-state index in [-0.39, 0.29) is 23.1 Å². The zero-order valence-corrected chi connectivity index (χ0v) is 19.8. The molecule has 0 bridgehead atoms. The minimum absolute atomic E-state index is 0.0659. The Morgan fingerprint density at radius 2 is 1.49 bits per heavy atom. The molecule has 0 aliphatic rings. The van der Waals surface area contributed by atoms with Crippen LogP contribution in [-0.2, 0) is 23.1 Å². The number of anilines is 1. The van der Waals surface area contributed by atoms with Gasteiger partial charge in [-0.25, -0.2) is 13.1 Å². The molecule has 0 aliphatic carbocycles. The number of amides is 1.